The number of nitrogens with zero attached hydrogens (tertiary/aromatic N) is 2. The number of thiophene rings is 1. The average molecular weight is 247 g/mol. The number of nitrogens with one attached hydrogen (secondary N) is 1. The molecule has 0 aliphatic heterocycles. The van der Waals surface area contributed by atoms with Gasteiger partial charge in [-0.3, -0.25) is 0 Å². The minimum Gasteiger partial charge on any atom is -0.304 e. The topological polar surface area (TPSA) is 37.8 Å². The summed E-state index contributed by atoms with van der Waals surface area (Å²) in [4.78, 5) is 9.68. The van der Waals surface area contributed by atoms with E-state index < -0.39 is 0 Å². The van der Waals surface area contributed by atoms with E-state index in [0.29, 0.717) is 0 Å². The summed E-state index contributed by atoms with van der Waals surface area (Å²) in [5.41, 5.74) is 2.36. The molecular formula is C13H17N3S. The van der Waals surface area contributed by atoms with Crippen molar-refractivity contribution in [2.75, 3.05) is 6.54 Å². The van der Waals surface area contributed by atoms with Crippen LogP contribution >= 0.6 is 11.3 Å². The summed E-state index contributed by atoms with van der Waals surface area (Å²) in [5.74, 6) is 0. The van der Waals surface area contributed by atoms with Crippen LogP contribution in [0.2, 0.25) is 0 Å². The Morgan fingerprint density at radius 3 is 2.88 bits per heavy atom. The standard InChI is InChI=1S/C13H17N3S/c1-3-6-15-12(11-4-7-14-9-16-11)13-10(2)5-8-17-13/h4-5,7-9,12,15H,3,6H2,1-2H3. The Labute approximate surface area is 106 Å². The van der Waals surface area contributed by atoms with Gasteiger partial charge in [-0.2, -0.15) is 0 Å². The fourth-order valence-corrected chi connectivity index (χ4v) is 2.78. The third kappa shape index (κ3) is 2.90. The van der Waals surface area contributed by atoms with Gasteiger partial charge in [0.15, 0.2) is 0 Å². The van der Waals surface area contributed by atoms with Gasteiger partial charge in [-0.15, -0.1) is 11.3 Å². The molecule has 0 radical (unpaired) electrons. The van der Waals surface area contributed by atoms with E-state index in [4.69, 9.17) is 0 Å². The van der Waals surface area contributed by atoms with Crippen molar-refractivity contribution in [3.05, 3.63) is 46.2 Å². The summed E-state index contributed by atoms with van der Waals surface area (Å²) in [6.45, 7) is 5.31. The van der Waals surface area contributed by atoms with E-state index in [2.05, 4.69) is 40.6 Å². The van der Waals surface area contributed by atoms with Gasteiger partial charge in [0.2, 0.25) is 0 Å². The molecule has 0 aliphatic rings. The van der Waals surface area contributed by atoms with E-state index >= 15 is 0 Å². The molecular weight excluding hydrogens is 230 g/mol. The second-order valence-corrected chi connectivity index (χ2v) is 4.94. The number of hydrogen-bond acceptors (Lipinski definition) is 4. The Balaban J connectivity index is 2.29. The van der Waals surface area contributed by atoms with Crippen molar-refractivity contribution >= 4 is 11.3 Å². The molecule has 1 atom stereocenters. The normalized spacial score (nSPS) is 12.6. The van der Waals surface area contributed by atoms with Crippen LogP contribution in [0.3, 0.4) is 0 Å². The Kier molecular flexibility index (Phi) is 4.23. The fourth-order valence-electron chi connectivity index (χ4n) is 1.77. The zero-order valence-corrected chi connectivity index (χ0v) is 11.0. The first-order chi connectivity index (χ1) is 8.33. The van der Waals surface area contributed by atoms with Crippen LogP contribution in [0, 0.1) is 6.92 Å². The van der Waals surface area contributed by atoms with E-state index in [-0.39, 0.29) is 6.04 Å². The first-order valence-corrected chi connectivity index (χ1v) is 6.74. The van der Waals surface area contributed by atoms with Gasteiger partial charge in [0.25, 0.3) is 0 Å². The lowest BCUT2D eigenvalue weighted by Crippen LogP contribution is -2.23. The highest BCUT2D eigenvalue weighted by Gasteiger charge is 2.17. The number of aromatic nitrogens is 2. The summed E-state index contributed by atoms with van der Waals surface area (Å²) in [6.07, 6.45) is 4.52. The van der Waals surface area contributed by atoms with Crippen molar-refractivity contribution < 1.29 is 0 Å². The summed E-state index contributed by atoms with van der Waals surface area (Å²) < 4.78 is 0. The van der Waals surface area contributed by atoms with Crippen LogP contribution in [-0.2, 0) is 0 Å². The van der Waals surface area contributed by atoms with Gasteiger partial charge in [0.1, 0.15) is 6.33 Å². The molecule has 0 aromatic carbocycles. The van der Waals surface area contributed by atoms with Crippen molar-refractivity contribution in [1.82, 2.24) is 15.3 Å². The van der Waals surface area contributed by atoms with Crippen LogP contribution in [0.5, 0.6) is 0 Å². The lowest BCUT2D eigenvalue weighted by molar-refractivity contribution is 0.590. The smallest absolute Gasteiger partial charge is 0.115 e. The highest BCUT2D eigenvalue weighted by Crippen LogP contribution is 2.27. The Hall–Kier alpha value is -1.26. The molecule has 0 bridgehead atoms. The number of aryl methyl sites for hydroxylation is 1. The second-order valence-electron chi connectivity index (χ2n) is 3.99. The summed E-state index contributed by atoms with van der Waals surface area (Å²) in [5, 5.41) is 5.68. The van der Waals surface area contributed by atoms with Gasteiger partial charge < -0.3 is 5.32 Å². The molecule has 0 aliphatic carbocycles. The van der Waals surface area contributed by atoms with Crippen LogP contribution < -0.4 is 5.32 Å². The maximum atomic E-state index is 4.36. The van der Waals surface area contributed by atoms with Crippen LogP contribution in [-0.4, -0.2) is 16.5 Å². The third-order valence-corrected chi connectivity index (χ3v) is 3.75. The summed E-state index contributed by atoms with van der Waals surface area (Å²) in [6, 6.07) is 4.33. The predicted octanol–water partition coefficient (Wildman–Crippen LogP) is 2.94. The maximum absolute atomic E-state index is 4.36. The largest absolute Gasteiger partial charge is 0.304 e. The SMILES string of the molecule is CCCNC(c1ccncn1)c1sccc1C. The lowest BCUT2D eigenvalue weighted by atomic mass is 10.1. The molecule has 0 spiro atoms. The molecule has 0 fully saturated rings. The lowest BCUT2D eigenvalue weighted by Gasteiger charge is -2.17. The van der Waals surface area contributed by atoms with Crippen LogP contribution in [0.15, 0.2) is 30.0 Å². The Morgan fingerprint density at radius 2 is 2.29 bits per heavy atom. The van der Waals surface area contributed by atoms with Gasteiger partial charge in [0, 0.05) is 11.1 Å². The molecule has 3 nitrogen and oxygen atoms in total. The molecule has 2 aromatic heterocycles. The molecule has 2 aromatic rings. The molecule has 4 heteroatoms. The van der Waals surface area contributed by atoms with Gasteiger partial charge in [-0.05, 0) is 43.0 Å². The van der Waals surface area contributed by atoms with Crippen molar-refractivity contribution in [3.8, 4) is 0 Å². The molecule has 1 unspecified atom stereocenters. The third-order valence-electron chi connectivity index (χ3n) is 2.66. The number of rotatable bonds is 5. The molecule has 17 heavy (non-hydrogen) atoms. The second kappa shape index (κ2) is 5.89. The fraction of sp³-hybridized carbons (Fsp3) is 0.385. The van der Waals surface area contributed by atoms with E-state index in [9.17, 15) is 0 Å². The first kappa shape index (κ1) is 12.2. The molecule has 90 valence electrons. The van der Waals surface area contributed by atoms with Crippen LogP contribution in [0.1, 0.15) is 35.5 Å². The van der Waals surface area contributed by atoms with Crippen LogP contribution in [0.25, 0.3) is 0 Å². The summed E-state index contributed by atoms with van der Waals surface area (Å²) in [7, 11) is 0. The van der Waals surface area contributed by atoms with E-state index in [1.54, 1.807) is 23.9 Å². The van der Waals surface area contributed by atoms with E-state index in [1.807, 2.05) is 6.07 Å². The van der Waals surface area contributed by atoms with Crippen LogP contribution in [0.4, 0.5) is 0 Å². The van der Waals surface area contributed by atoms with Crippen molar-refractivity contribution in [1.29, 1.82) is 0 Å². The van der Waals surface area contributed by atoms with E-state index in [1.165, 1.54) is 10.4 Å². The van der Waals surface area contributed by atoms with Crippen molar-refractivity contribution in [2.45, 2.75) is 26.3 Å². The first-order valence-electron chi connectivity index (χ1n) is 5.86. The minimum atomic E-state index is 0.193. The van der Waals surface area contributed by atoms with Crippen molar-refractivity contribution in [3.63, 3.8) is 0 Å². The van der Waals surface area contributed by atoms with Gasteiger partial charge >= 0.3 is 0 Å². The Morgan fingerprint density at radius 1 is 1.41 bits per heavy atom. The highest BCUT2D eigenvalue weighted by atomic mass is 32.1. The Bertz CT molecular complexity index is 453. The zero-order valence-electron chi connectivity index (χ0n) is 10.2. The average Bonchev–Trinajstić information content (AvgIpc) is 2.78. The van der Waals surface area contributed by atoms with E-state index in [0.717, 1.165) is 18.7 Å². The van der Waals surface area contributed by atoms with Crippen molar-refractivity contribution in [2.24, 2.45) is 0 Å². The van der Waals surface area contributed by atoms with Gasteiger partial charge in [0.05, 0.1) is 11.7 Å². The highest BCUT2D eigenvalue weighted by molar-refractivity contribution is 7.10. The molecule has 0 amide bonds. The molecule has 2 rings (SSSR count). The zero-order chi connectivity index (χ0) is 12.1. The van der Waals surface area contributed by atoms with Gasteiger partial charge in [-0.25, -0.2) is 9.97 Å². The quantitative estimate of drug-likeness (QED) is 0.882. The molecule has 2 heterocycles. The van der Waals surface area contributed by atoms with Gasteiger partial charge in [-0.1, -0.05) is 6.92 Å². The molecule has 1 N–H and O–H groups in total. The predicted molar refractivity (Wildman–Crippen MR) is 71.2 cm³/mol. The monoisotopic (exact) mass is 247 g/mol. The minimum absolute atomic E-state index is 0.193. The summed E-state index contributed by atoms with van der Waals surface area (Å²) >= 11 is 1.78. The number of hydrogen-bond donors (Lipinski definition) is 1. The molecule has 0 saturated carbocycles. The maximum Gasteiger partial charge on any atom is 0.115 e. The molecule has 0 saturated heterocycles.